The molecule has 0 spiro atoms. The van der Waals surface area contributed by atoms with Crippen LogP contribution in [0.25, 0.3) is 0 Å². The van der Waals surface area contributed by atoms with E-state index in [0.717, 1.165) is 19.3 Å². The summed E-state index contributed by atoms with van der Waals surface area (Å²) in [4.78, 5) is 19.3. The van der Waals surface area contributed by atoms with Crippen LogP contribution in [0.4, 0.5) is 0 Å². The summed E-state index contributed by atoms with van der Waals surface area (Å²) >= 11 is 6.36. The first kappa shape index (κ1) is 22.3. The molecule has 1 heterocycles. The zero-order valence-corrected chi connectivity index (χ0v) is 18.1. The maximum absolute atomic E-state index is 11.0. The molecule has 0 unspecified atom stereocenters. The van der Waals surface area contributed by atoms with Crippen molar-refractivity contribution < 1.29 is 19.0 Å². The van der Waals surface area contributed by atoms with E-state index < -0.39 is 0 Å². The van der Waals surface area contributed by atoms with Gasteiger partial charge in [-0.05, 0) is 31.2 Å². The Morgan fingerprint density at radius 1 is 1.20 bits per heavy atom. The number of nitrogens with zero attached hydrogens (tertiary/aromatic N) is 2. The molecule has 1 fully saturated rings. The number of amides is 1. The second-order valence-corrected chi connectivity index (χ2v) is 7.97. The Bertz CT molecular complexity index is 815. The van der Waals surface area contributed by atoms with Crippen molar-refractivity contribution in [2.45, 2.75) is 45.3 Å². The standard InChI is InChI=1S/C22H28ClN3O4/c1-15(26-16(2)27)12-29-19-10-18(11-19)13-30-22-20(23)21(24-14-25-22)28-9-8-17-6-4-3-5-7-17/h3-7,14-15,18-19H,8-13H2,1-2H3,(H,26,27)/t15-,18-,19-/m0/s1. The average molecular weight is 434 g/mol. The molecule has 1 aromatic heterocycles. The van der Waals surface area contributed by atoms with E-state index in [9.17, 15) is 4.79 Å². The lowest BCUT2D eigenvalue weighted by Crippen LogP contribution is -2.40. The summed E-state index contributed by atoms with van der Waals surface area (Å²) in [6.45, 7) is 4.93. The van der Waals surface area contributed by atoms with Crippen LogP contribution in [0.2, 0.25) is 5.02 Å². The fourth-order valence-electron chi connectivity index (χ4n) is 3.26. The van der Waals surface area contributed by atoms with Crippen molar-refractivity contribution in [3.05, 3.63) is 47.2 Å². The number of benzene rings is 1. The summed E-state index contributed by atoms with van der Waals surface area (Å²) in [5.74, 6) is 1.01. The highest BCUT2D eigenvalue weighted by Gasteiger charge is 2.31. The van der Waals surface area contributed by atoms with Crippen LogP contribution in [0.15, 0.2) is 36.7 Å². The molecule has 2 aromatic rings. The van der Waals surface area contributed by atoms with Crippen molar-refractivity contribution >= 4 is 17.5 Å². The van der Waals surface area contributed by atoms with Crippen LogP contribution in [0.5, 0.6) is 11.8 Å². The lowest BCUT2D eigenvalue weighted by atomic mass is 9.83. The minimum absolute atomic E-state index is 0.0120. The predicted octanol–water partition coefficient (Wildman–Crippen LogP) is 3.45. The van der Waals surface area contributed by atoms with Crippen LogP contribution >= 0.6 is 11.6 Å². The van der Waals surface area contributed by atoms with E-state index in [2.05, 4.69) is 27.4 Å². The number of ether oxygens (including phenoxy) is 3. The van der Waals surface area contributed by atoms with E-state index in [1.807, 2.05) is 25.1 Å². The van der Waals surface area contributed by atoms with E-state index >= 15 is 0 Å². The molecule has 1 saturated carbocycles. The Labute approximate surface area is 182 Å². The van der Waals surface area contributed by atoms with Gasteiger partial charge in [-0.15, -0.1) is 0 Å². The second-order valence-electron chi connectivity index (χ2n) is 7.59. The number of carbonyl (C=O) groups is 1. The Balaban J connectivity index is 1.37. The van der Waals surface area contributed by atoms with Gasteiger partial charge in [0.1, 0.15) is 6.33 Å². The highest BCUT2D eigenvalue weighted by Crippen LogP contribution is 2.33. The minimum atomic E-state index is -0.0452. The Kier molecular flexibility index (Phi) is 8.28. The SMILES string of the molecule is CC(=O)N[C@@H](C)CO[C@H]1C[C@H](COc2ncnc(OCCc3ccccc3)c2Cl)C1. The summed E-state index contributed by atoms with van der Waals surface area (Å²) in [5, 5.41) is 3.10. The number of nitrogens with one attached hydrogen (secondary N) is 1. The Morgan fingerprint density at radius 3 is 2.60 bits per heavy atom. The molecule has 162 valence electrons. The van der Waals surface area contributed by atoms with Gasteiger partial charge in [-0.25, -0.2) is 9.97 Å². The maximum Gasteiger partial charge on any atom is 0.239 e. The van der Waals surface area contributed by atoms with Crippen LogP contribution in [-0.2, 0) is 16.0 Å². The molecule has 30 heavy (non-hydrogen) atoms. The summed E-state index contributed by atoms with van der Waals surface area (Å²) < 4.78 is 17.3. The first-order chi connectivity index (χ1) is 14.5. The van der Waals surface area contributed by atoms with Gasteiger partial charge >= 0.3 is 0 Å². The van der Waals surface area contributed by atoms with Gasteiger partial charge in [-0.2, -0.15) is 0 Å². The number of hydrogen-bond donors (Lipinski definition) is 1. The van der Waals surface area contributed by atoms with Gasteiger partial charge in [-0.1, -0.05) is 41.9 Å². The molecule has 8 heteroatoms. The average Bonchev–Trinajstić information content (AvgIpc) is 2.69. The third-order valence-electron chi connectivity index (χ3n) is 4.88. The molecule has 0 bridgehead atoms. The first-order valence-electron chi connectivity index (χ1n) is 10.2. The van der Waals surface area contributed by atoms with Crippen molar-refractivity contribution in [2.75, 3.05) is 19.8 Å². The first-order valence-corrected chi connectivity index (χ1v) is 10.6. The zero-order valence-electron chi connectivity index (χ0n) is 17.3. The van der Waals surface area contributed by atoms with Crippen LogP contribution in [0.3, 0.4) is 0 Å². The molecule has 1 N–H and O–H groups in total. The molecule has 1 aliphatic rings. The molecular formula is C22H28ClN3O4. The summed E-state index contributed by atoms with van der Waals surface area (Å²) in [6, 6.07) is 10.1. The third kappa shape index (κ3) is 6.85. The van der Waals surface area contributed by atoms with Crippen molar-refractivity contribution in [2.24, 2.45) is 5.92 Å². The van der Waals surface area contributed by atoms with Gasteiger partial charge in [0.05, 0.1) is 25.9 Å². The Morgan fingerprint density at radius 2 is 1.90 bits per heavy atom. The topological polar surface area (TPSA) is 82.6 Å². The number of rotatable bonds is 11. The van der Waals surface area contributed by atoms with Crippen LogP contribution in [0.1, 0.15) is 32.3 Å². The van der Waals surface area contributed by atoms with E-state index in [1.54, 1.807) is 0 Å². The largest absolute Gasteiger partial charge is 0.476 e. The summed E-state index contributed by atoms with van der Waals surface area (Å²) in [6.07, 6.45) is 4.19. The molecule has 3 rings (SSSR count). The van der Waals surface area contributed by atoms with Crippen molar-refractivity contribution in [1.82, 2.24) is 15.3 Å². The van der Waals surface area contributed by atoms with E-state index in [0.29, 0.717) is 42.5 Å². The number of aromatic nitrogens is 2. The lowest BCUT2D eigenvalue weighted by molar-refractivity contribution is -0.120. The molecule has 1 atom stereocenters. The maximum atomic E-state index is 11.0. The molecule has 1 aromatic carbocycles. The van der Waals surface area contributed by atoms with E-state index in [4.69, 9.17) is 25.8 Å². The van der Waals surface area contributed by atoms with E-state index in [-0.39, 0.29) is 18.1 Å². The lowest BCUT2D eigenvalue weighted by Gasteiger charge is -2.35. The number of hydrogen-bond acceptors (Lipinski definition) is 6. The fourth-order valence-corrected chi connectivity index (χ4v) is 3.47. The van der Waals surface area contributed by atoms with Crippen molar-refractivity contribution in [3.63, 3.8) is 0 Å². The molecule has 0 saturated heterocycles. The van der Waals surface area contributed by atoms with Gasteiger partial charge in [0.2, 0.25) is 17.7 Å². The number of halogens is 1. The molecule has 7 nitrogen and oxygen atoms in total. The van der Waals surface area contributed by atoms with E-state index in [1.165, 1.54) is 18.8 Å². The normalized spacial score (nSPS) is 18.9. The summed E-state index contributed by atoms with van der Waals surface area (Å²) in [7, 11) is 0. The van der Waals surface area contributed by atoms with Gasteiger partial charge < -0.3 is 19.5 Å². The van der Waals surface area contributed by atoms with Crippen molar-refractivity contribution in [1.29, 1.82) is 0 Å². The van der Waals surface area contributed by atoms with Crippen LogP contribution in [-0.4, -0.2) is 47.8 Å². The second kappa shape index (κ2) is 11.1. The fraction of sp³-hybridized carbons (Fsp3) is 0.500. The van der Waals surface area contributed by atoms with Gasteiger partial charge in [0.25, 0.3) is 0 Å². The minimum Gasteiger partial charge on any atom is -0.476 e. The van der Waals surface area contributed by atoms with Gasteiger partial charge in [-0.3, -0.25) is 4.79 Å². The number of carbonyl (C=O) groups excluding carboxylic acids is 1. The van der Waals surface area contributed by atoms with Crippen LogP contribution in [0, 0.1) is 5.92 Å². The summed E-state index contributed by atoms with van der Waals surface area (Å²) in [5.41, 5.74) is 1.19. The zero-order chi connectivity index (χ0) is 21.3. The monoisotopic (exact) mass is 433 g/mol. The molecule has 0 aliphatic heterocycles. The smallest absolute Gasteiger partial charge is 0.239 e. The highest BCUT2D eigenvalue weighted by atomic mass is 35.5. The Hall–Kier alpha value is -2.38. The molecule has 1 aliphatic carbocycles. The molecular weight excluding hydrogens is 406 g/mol. The predicted molar refractivity (Wildman–Crippen MR) is 114 cm³/mol. The molecule has 0 radical (unpaired) electrons. The van der Waals surface area contributed by atoms with Crippen molar-refractivity contribution in [3.8, 4) is 11.8 Å². The quantitative estimate of drug-likeness (QED) is 0.584. The highest BCUT2D eigenvalue weighted by molar-refractivity contribution is 6.33. The van der Waals surface area contributed by atoms with Gasteiger partial charge in [0, 0.05) is 19.4 Å². The molecule has 1 amide bonds. The third-order valence-corrected chi connectivity index (χ3v) is 5.20. The van der Waals surface area contributed by atoms with Crippen LogP contribution < -0.4 is 14.8 Å². The van der Waals surface area contributed by atoms with Gasteiger partial charge in [0.15, 0.2) is 5.02 Å².